The molecule has 1 aromatic heterocycles. The molecule has 0 aliphatic heterocycles. The van der Waals surface area contributed by atoms with Crippen molar-refractivity contribution in [3.63, 3.8) is 0 Å². The van der Waals surface area contributed by atoms with Crippen molar-refractivity contribution < 1.29 is 9.53 Å². The highest BCUT2D eigenvalue weighted by Gasteiger charge is 2.09. The number of aromatic amines is 1. The average Bonchev–Trinajstić information content (AvgIpc) is 3.02. The second-order valence-corrected chi connectivity index (χ2v) is 6.43. The zero-order chi connectivity index (χ0) is 17.6. The number of carbonyl (C=O) groups excluding carboxylic acids is 1. The molecule has 2 aromatic carbocycles. The van der Waals surface area contributed by atoms with E-state index in [0.717, 1.165) is 22.2 Å². The van der Waals surface area contributed by atoms with Gasteiger partial charge in [0.05, 0.1) is 13.0 Å². The molecule has 3 rings (SSSR count). The van der Waals surface area contributed by atoms with Crippen molar-refractivity contribution in [2.24, 2.45) is 0 Å². The van der Waals surface area contributed by atoms with Gasteiger partial charge in [0.1, 0.15) is 12.4 Å². The third-order valence-electron chi connectivity index (χ3n) is 4.25. The minimum absolute atomic E-state index is 0.00509. The lowest BCUT2D eigenvalue weighted by molar-refractivity contribution is -0.120. The lowest BCUT2D eigenvalue weighted by atomic mass is 10.0. The van der Waals surface area contributed by atoms with Crippen LogP contribution in [-0.2, 0) is 11.2 Å². The number of rotatable bonds is 7. The molecule has 1 amide bonds. The van der Waals surface area contributed by atoms with Gasteiger partial charge in [0.25, 0.3) is 0 Å². The molecule has 0 spiro atoms. The average molecular weight is 336 g/mol. The van der Waals surface area contributed by atoms with Gasteiger partial charge in [-0.25, -0.2) is 0 Å². The molecule has 0 aliphatic rings. The van der Waals surface area contributed by atoms with Crippen molar-refractivity contribution >= 4 is 16.8 Å². The van der Waals surface area contributed by atoms with Crippen LogP contribution in [-0.4, -0.2) is 24.0 Å². The SMILES string of the molecule is CC(C)c1ccccc1OCCNC(=O)Cc1c[nH]c2ccccc12. The second-order valence-electron chi connectivity index (χ2n) is 6.43. The zero-order valence-corrected chi connectivity index (χ0v) is 14.7. The first kappa shape index (κ1) is 17.1. The molecule has 0 saturated carbocycles. The van der Waals surface area contributed by atoms with Crippen molar-refractivity contribution in [2.45, 2.75) is 26.2 Å². The van der Waals surface area contributed by atoms with E-state index in [9.17, 15) is 4.79 Å². The maximum Gasteiger partial charge on any atom is 0.224 e. The molecule has 4 nitrogen and oxygen atoms in total. The van der Waals surface area contributed by atoms with Gasteiger partial charge in [-0.05, 0) is 29.2 Å². The summed E-state index contributed by atoms with van der Waals surface area (Å²) >= 11 is 0. The van der Waals surface area contributed by atoms with E-state index in [1.807, 2.05) is 48.7 Å². The minimum Gasteiger partial charge on any atom is -0.491 e. The maximum absolute atomic E-state index is 12.2. The number of hydrogen-bond donors (Lipinski definition) is 2. The number of aromatic nitrogens is 1. The highest BCUT2D eigenvalue weighted by Crippen LogP contribution is 2.25. The van der Waals surface area contributed by atoms with Crippen LogP contribution in [0.15, 0.2) is 54.7 Å². The number of nitrogens with one attached hydrogen (secondary N) is 2. The summed E-state index contributed by atoms with van der Waals surface area (Å²) in [5, 5.41) is 4.02. The second kappa shape index (κ2) is 7.88. The summed E-state index contributed by atoms with van der Waals surface area (Å²) in [7, 11) is 0. The van der Waals surface area contributed by atoms with Crippen LogP contribution in [0.3, 0.4) is 0 Å². The predicted molar refractivity (Wildman–Crippen MR) is 101 cm³/mol. The molecule has 4 heteroatoms. The zero-order valence-electron chi connectivity index (χ0n) is 14.7. The van der Waals surface area contributed by atoms with Crippen molar-refractivity contribution in [3.05, 3.63) is 65.9 Å². The Bertz CT molecular complexity index is 852. The van der Waals surface area contributed by atoms with Gasteiger partial charge in [-0.15, -0.1) is 0 Å². The van der Waals surface area contributed by atoms with Crippen LogP contribution in [0.4, 0.5) is 0 Å². The number of benzene rings is 2. The molecular formula is C21H24N2O2. The summed E-state index contributed by atoms with van der Waals surface area (Å²) in [4.78, 5) is 15.4. The van der Waals surface area contributed by atoms with Crippen molar-refractivity contribution in [1.82, 2.24) is 10.3 Å². The van der Waals surface area contributed by atoms with Crippen molar-refractivity contribution in [3.8, 4) is 5.75 Å². The van der Waals surface area contributed by atoms with Crippen LogP contribution in [0, 0.1) is 0 Å². The summed E-state index contributed by atoms with van der Waals surface area (Å²) in [5.41, 5.74) is 3.26. The Balaban J connectivity index is 1.49. The fraction of sp³-hybridized carbons (Fsp3) is 0.286. The molecule has 0 atom stereocenters. The fourth-order valence-electron chi connectivity index (χ4n) is 2.95. The lowest BCUT2D eigenvalue weighted by Crippen LogP contribution is -2.29. The number of amides is 1. The lowest BCUT2D eigenvalue weighted by Gasteiger charge is -2.14. The van der Waals surface area contributed by atoms with Crippen LogP contribution in [0.25, 0.3) is 10.9 Å². The Morgan fingerprint density at radius 3 is 2.72 bits per heavy atom. The number of H-pyrrole nitrogens is 1. The van der Waals surface area contributed by atoms with Gasteiger partial charge in [-0.2, -0.15) is 0 Å². The highest BCUT2D eigenvalue weighted by molar-refractivity contribution is 5.88. The summed E-state index contributed by atoms with van der Waals surface area (Å²) < 4.78 is 5.83. The van der Waals surface area contributed by atoms with Crippen molar-refractivity contribution in [1.29, 1.82) is 0 Å². The van der Waals surface area contributed by atoms with Gasteiger partial charge in [0, 0.05) is 17.1 Å². The summed E-state index contributed by atoms with van der Waals surface area (Å²) in [6.45, 7) is 5.24. The van der Waals surface area contributed by atoms with Gasteiger partial charge in [0.2, 0.25) is 5.91 Å². The van der Waals surface area contributed by atoms with E-state index in [4.69, 9.17) is 4.74 Å². The van der Waals surface area contributed by atoms with Crippen LogP contribution < -0.4 is 10.1 Å². The maximum atomic E-state index is 12.2. The van der Waals surface area contributed by atoms with E-state index in [1.165, 1.54) is 5.56 Å². The first-order valence-corrected chi connectivity index (χ1v) is 8.68. The van der Waals surface area contributed by atoms with E-state index in [1.54, 1.807) is 0 Å². The monoisotopic (exact) mass is 336 g/mol. The van der Waals surface area contributed by atoms with Crippen LogP contribution in [0.5, 0.6) is 5.75 Å². The number of para-hydroxylation sites is 2. The molecule has 0 unspecified atom stereocenters. The fourth-order valence-corrected chi connectivity index (χ4v) is 2.95. The van der Waals surface area contributed by atoms with Gasteiger partial charge in [0.15, 0.2) is 0 Å². The van der Waals surface area contributed by atoms with E-state index < -0.39 is 0 Å². The molecule has 0 saturated heterocycles. The van der Waals surface area contributed by atoms with Crippen molar-refractivity contribution in [2.75, 3.05) is 13.2 Å². The van der Waals surface area contributed by atoms with Crippen LogP contribution in [0.2, 0.25) is 0 Å². The first-order valence-electron chi connectivity index (χ1n) is 8.68. The molecule has 2 N–H and O–H groups in total. The summed E-state index contributed by atoms with van der Waals surface area (Å²) in [6.07, 6.45) is 2.27. The Morgan fingerprint density at radius 1 is 1.12 bits per heavy atom. The Hall–Kier alpha value is -2.75. The van der Waals surface area contributed by atoms with Gasteiger partial charge in [-0.1, -0.05) is 50.2 Å². The van der Waals surface area contributed by atoms with E-state index in [-0.39, 0.29) is 5.91 Å². The molecule has 3 aromatic rings. The number of ether oxygens (including phenoxy) is 1. The van der Waals surface area contributed by atoms with Gasteiger partial charge in [-0.3, -0.25) is 4.79 Å². The van der Waals surface area contributed by atoms with Gasteiger partial charge >= 0.3 is 0 Å². The summed E-state index contributed by atoms with van der Waals surface area (Å²) in [6, 6.07) is 16.0. The Kier molecular flexibility index (Phi) is 5.39. The quantitative estimate of drug-likeness (QED) is 0.640. The molecule has 0 bridgehead atoms. The topological polar surface area (TPSA) is 54.1 Å². The molecule has 0 fully saturated rings. The van der Waals surface area contributed by atoms with E-state index >= 15 is 0 Å². The number of carbonyl (C=O) groups is 1. The molecule has 0 aliphatic carbocycles. The highest BCUT2D eigenvalue weighted by atomic mass is 16.5. The Labute approximate surface area is 148 Å². The minimum atomic E-state index is 0.00509. The third kappa shape index (κ3) is 4.21. The molecular weight excluding hydrogens is 312 g/mol. The van der Waals surface area contributed by atoms with E-state index in [2.05, 4.69) is 30.2 Å². The normalized spacial score (nSPS) is 11.0. The Morgan fingerprint density at radius 2 is 1.88 bits per heavy atom. The standard InChI is InChI=1S/C21H24N2O2/c1-15(2)17-7-4-6-10-20(17)25-12-11-22-21(24)13-16-14-23-19-9-5-3-8-18(16)19/h3-10,14-15,23H,11-13H2,1-2H3,(H,22,24). The molecule has 25 heavy (non-hydrogen) atoms. The van der Waals surface area contributed by atoms with Crippen LogP contribution in [0.1, 0.15) is 30.9 Å². The molecule has 130 valence electrons. The molecule has 0 radical (unpaired) electrons. The largest absolute Gasteiger partial charge is 0.491 e. The number of fused-ring (bicyclic) bond motifs is 1. The third-order valence-corrected chi connectivity index (χ3v) is 4.25. The van der Waals surface area contributed by atoms with Crippen LogP contribution >= 0.6 is 0 Å². The smallest absolute Gasteiger partial charge is 0.224 e. The van der Waals surface area contributed by atoms with Gasteiger partial charge < -0.3 is 15.0 Å². The predicted octanol–water partition coefficient (Wildman–Crippen LogP) is 4.03. The summed E-state index contributed by atoms with van der Waals surface area (Å²) in [5.74, 6) is 1.31. The number of hydrogen-bond acceptors (Lipinski definition) is 2. The molecule has 1 heterocycles. The first-order chi connectivity index (χ1) is 12.1. The van der Waals surface area contributed by atoms with E-state index in [0.29, 0.717) is 25.5 Å².